The zero-order valence-corrected chi connectivity index (χ0v) is 10.8. The molecule has 0 aliphatic heterocycles. The number of ether oxygens (including phenoxy) is 1. The SMILES string of the molecule is COc1cc([C@@H](N)CCC(C)C)ccc1C. The van der Waals surface area contributed by atoms with E-state index >= 15 is 0 Å². The average Bonchev–Trinajstić information content (AvgIpc) is 2.26. The van der Waals surface area contributed by atoms with E-state index in [9.17, 15) is 0 Å². The number of rotatable bonds is 5. The van der Waals surface area contributed by atoms with Crippen molar-refractivity contribution >= 4 is 0 Å². The van der Waals surface area contributed by atoms with Gasteiger partial charge in [0.15, 0.2) is 0 Å². The monoisotopic (exact) mass is 221 g/mol. The molecule has 0 heterocycles. The average molecular weight is 221 g/mol. The summed E-state index contributed by atoms with van der Waals surface area (Å²) in [5.74, 6) is 1.64. The minimum absolute atomic E-state index is 0.122. The topological polar surface area (TPSA) is 35.2 Å². The second-order valence-corrected chi connectivity index (χ2v) is 4.81. The molecule has 0 fully saturated rings. The van der Waals surface area contributed by atoms with Crippen molar-refractivity contribution in [3.63, 3.8) is 0 Å². The van der Waals surface area contributed by atoms with Crippen LogP contribution in [0.5, 0.6) is 5.75 Å². The van der Waals surface area contributed by atoms with Crippen LogP contribution in [0.25, 0.3) is 0 Å². The van der Waals surface area contributed by atoms with Crippen LogP contribution in [0.1, 0.15) is 43.9 Å². The third-order valence-corrected chi connectivity index (χ3v) is 2.92. The summed E-state index contributed by atoms with van der Waals surface area (Å²) in [6.45, 7) is 6.49. The molecule has 0 aliphatic carbocycles. The lowest BCUT2D eigenvalue weighted by atomic mass is 9.97. The number of hydrogen-bond donors (Lipinski definition) is 1. The fourth-order valence-corrected chi connectivity index (χ4v) is 1.75. The zero-order valence-electron chi connectivity index (χ0n) is 10.8. The van der Waals surface area contributed by atoms with E-state index in [0.717, 1.165) is 24.2 Å². The molecule has 0 radical (unpaired) electrons. The molecule has 1 atom stereocenters. The fourth-order valence-electron chi connectivity index (χ4n) is 1.75. The summed E-state index contributed by atoms with van der Waals surface area (Å²) in [4.78, 5) is 0. The van der Waals surface area contributed by atoms with E-state index in [4.69, 9.17) is 10.5 Å². The van der Waals surface area contributed by atoms with Crippen LogP contribution in [0.2, 0.25) is 0 Å². The van der Waals surface area contributed by atoms with Gasteiger partial charge in [0.2, 0.25) is 0 Å². The van der Waals surface area contributed by atoms with Crippen LogP contribution < -0.4 is 10.5 Å². The predicted molar refractivity (Wildman–Crippen MR) is 68.7 cm³/mol. The van der Waals surface area contributed by atoms with Gasteiger partial charge in [-0.05, 0) is 42.9 Å². The maximum Gasteiger partial charge on any atom is 0.122 e. The molecular weight excluding hydrogens is 198 g/mol. The van der Waals surface area contributed by atoms with E-state index in [-0.39, 0.29) is 6.04 Å². The lowest BCUT2D eigenvalue weighted by Gasteiger charge is -2.15. The Morgan fingerprint density at radius 2 is 1.94 bits per heavy atom. The Kier molecular flexibility index (Phi) is 4.81. The number of nitrogens with two attached hydrogens (primary N) is 1. The van der Waals surface area contributed by atoms with Crippen molar-refractivity contribution in [3.8, 4) is 5.75 Å². The number of methoxy groups -OCH3 is 1. The van der Waals surface area contributed by atoms with Gasteiger partial charge in [0.05, 0.1) is 7.11 Å². The smallest absolute Gasteiger partial charge is 0.122 e. The second-order valence-electron chi connectivity index (χ2n) is 4.81. The molecule has 0 saturated carbocycles. The Bertz CT molecular complexity index is 334. The first-order chi connectivity index (χ1) is 7.54. The zero-order chi connectivity index (χ0) is 12.1. The van der Waals surface area contributed by atoms with Crippen molar-refractivity contribution < 1.29 is 4.74 Å². The van der Waals surface area contributed by atoms with Crippen LogP contribution >= 0.6 is 0 Å². The van der Waals surface area contributed by atoms with Crippen LogP contribution in [0.15, 0.2) is 18.2 Å². The van der Waals surface area contributed by atoms with Gasteiger partial charge in [0, 0.05) is 6.04 Å². The van der Waals surface area contributed by atoms with E-state index < -0.39 is 0 Å². The highest BCUT2D eigenvalue weighted by atomic mass is 16.5. The van der Waals surface area contributed by atoms with Crippen molar-refractivity contribution in [3.05, 3.63) is 29.3 Å². The summed E-state index contributed by atoms with van der Waals surface area (Å²) < 4.78 is 5.31. The molecule has 16 heavy (non-hydrogen) atoms. The molecule has 0 amide bonds. The summed E-state index contributed by atoms with van der Waals surface area (Å²) in [5.41, 5.74) is 8.49. The van der Waals surface area contributed by atoms with E-state index in [1.54, 1.807) is 7.11 Å². The summed E-state index contributed by atoms with van der Waals surface area (Å²) in [6.07, 6.45) is 2.20. The molecule has 1 aromatic rings. The Labute approximate surface area is 98.8 Å². The van der Waals surface area contributed by atoms with Crippen molar-refractivity contribution in [2.75, 3.05) is 7.11 Å². The molecule has 90 valence electrons. The third-order valence-electron chi connectivity index (χ3n) is 2.92. The third kappa shape index (κ3) is 3.53. The fraction of sp³-hybridized carbons (Fsp3) is 0.571. The molecule has 0 bridgehead atoms. The van der Waals surface area contributed by atoms with E-state index in [1.807, 2.05) is 6.92 Å². The second kappa shape index (κ2) is 5.90. The molecular formula is C14H23NO. The number of aryl methyl sites for hydroxylation is 1. The molecule has 2 heteroatoms. The van der Waals surface area contributed by atoms with Gasteiger partial charge < -0.3 is 10.5 Å². The maximum absolute atomic E-state index is 6.16. The minimum Gasteiger partial charge on any atom is -0.496 e. The van der Waals surface area contributed by atoms with Gasteiger partial charge >= 0.3 is 0 Å². The molecule has 0 saturated heterocycles. The Hall–Kier alpha value is -1.02. The van der Waals surface area contributed by atoms with Crippen LogP contribution in [-0.4, -0.2) is 7.11 Å². The first-order valence-corrected chi connectivity index (χ1v) is 5.94. The molecule has 0 aromatic heterocycles. The highest BCUT2D eigenvalue weighted by Crippen LogP contribution is 2.25. The molecule has 0 aliphatic rings. The highest BCUT2D eigenvalue weighted by Gasteiger charge is 2.09. The largest absolute Gasteiger partial charge is 0.496 e. The van der Waals surface area contributed by atoms with Crippen molar-refractivity contribution in [2.45, 2.75) is 39.7 Å². The molecule has 1 rings (SSSR count). The summed E-state index contributed by atoms with van der Waals surface area (Å²) in [6, 6.07) is 6.35. The first kappa shape index (κ1) is 13.0. The summed E-state index contributed by atoms with van der Waals surface area (Å²) in [5, 5.41) is 0. The summed E-state index contributed by atoms with van der Waals surface area (Å²) >= 11 is 0. The van der Waals surface area contributed by atoms with Crippen molar-refractivity contribution in [1.29, 1.82) is 0 Å². The van der Waals surface area contributed by atoms with Gasteiger partial charge in [0.1, 0.15) is 5.75 Å². The molecule has 2 nitrogen and oxygen atoms in total. The van der Waals surface area contributed by atoms with Gasteiger partial charge in [0.25, 0.3) is 0 Å². The Morgan fingerprint density at radius 1 is 1.25 bits per heavy atom. The predicted octanol–water partition coefficient (Wildman–Crippen LogP) is 3.44. The number of hydrogen-bond acceptors (Lipinski definition) is 2. The van der Waals surface area contributed by atoms with Crippen LogP contribution in [-0.2, 0) is 0 Å². The molecule has 0 unspecified atom stereocenters. The van der Waals surface area contributed by atoms with Gasteiger partial charge in [-0.25, -0.2) is 0 Å². The standard InChI is InChI=1S/C14H23NO/c1-10(2)5-8-13(15)12-7-6-11(3)14(9-12)16-4/h6-7,9-10,13H,5,8,15H2,1-4H3/t13-/m0/s1. The van der Waals surface area contributed by atoms with Gasteiger partial charge in [-0.3, -0.25) is 0 Å². The number of benzene rings is 1. The molecule has 1 aromatic carbocycles. The van der Waals surface area contributed by atoms with Gasteiger partial charge in [-0.2, -0.15) is 0 Å². The summed E-state index contributed by atoms with van der Waals surface area (Å²) in [7, 11) is 1.70. The van der Waals surface area contributed by atoms with Crippen molar-refractivity contribution in [1.82, 2.24) is 0 Å². The Morgan fingerprint density at radius 3 is 2.50 bits per heavy atom. The van der Waals surface area contributed by atoms with Gasteiger partial charge in [-0.1, -0.05) is 26.0 Å². The lowest BCUT2D eigenvalue weighted by Crippen LogP contribution is -2.11. The van der Waals surface area contributed by atoms with Crippen molar-refractivity contribution in [2.24, 2.45) is 11.7 Å². The highest BCUT2D eigenvalue weighted by molar-refractivity contribution is 5.37. The van der Waals surface area contributed by atoms with Crippen LogP contribution in [0.3, 0.4) is 0 Å². The van der Waals surface area contributed by atoms with E-state index in [0.29, 0.717) is 5.92 Å². The maximum atomic E-state index is 6.16. The normalized spacial score (nSPS) is 12.9. The first-order valence-electron chi connectivity index (χ1n) is 5.94. The van der Waals surface area contributed by atoms with Crippen LogP contribution in [0, 0.1) is 12.8 Å². The lowest BCUT2D eigenvalue weighted by molar-refractivity contribution is 0.410. The van der Waals surface area contributed by atoms with E-state index in [1.165, 1.54) is 5.56 Å². The molecule has 2 N–H and O–H groups in total. The van der Waals surface area contributed by atoms with E-state index in [2.05, 4.69) is 32.0 Å². The quantitative estimate of drug-likeness (QED) is 0.826. The molecule has 0 spiro atoms. The van der Waals surface area contributed by atoms with Gasteiger partial charge in [-0.15, -0.1) is 0 Å². The minimum atomic E-state index is 0.122. The Balaban J connectivity index is 2.72. The van der Waals surface area contributed by atoms with Crippen LogP contribution in [0.4, 0.5) is 0 Å².